The van der Waals surface area contributed by atoms with E-state index < -0.39 is 10.0 Å². The summed E-state index contributed by atoms with van der Waals surface area (Å²) in [6.07, 6.45) is 3.91. The molecule has 0 radical (unpaired) electrons. The molecule has 2 aromatic heterocycles. The van der Waals surface area contributed by atoms with E-state index in [4.69, 9.17) is 5.73 Å². The van der Waals surface area contributed by atoms with Crippen LogP contribution in [-0.4, -0.2) is 28.7 Å². The molecular formula is C24H25N5O3S. The zero-order valence-electron chi connectivity index (χ0n) is 18.6. The number of anilines is 2. The molecule has 0 saturated heterocycles. The maximum Gasteiger partial charge on any atom is 0.261 e. The first-order valence-corrected chi connectivity index (χ1v) is 12.1. The molecule has 33 heavy (non-hydrogen) atoms. The van der Waals surface area contributed by atoms with E-state index in [2.05, 4.69) is 14.7 Å². The Balaban J connectivity index is 1.69. The summed E-state index contributed by atoms with van der Waals surface area (Å²) in [5.41, 5.74) is 8.68. The lowest BCUT2D eigenvalue weighted by Gasteiger charge is -2.10. The van der Waals surface area contributed by atoms with Gasteiger partial charge in [0.2, 0.25) is 0 Å². The highest BCUT2D eigenvalue weighted by Gasteiger charge is 2.22. The molecule has 0 aliphatic carbocycles. The van der Waals surface area contributed by atoms with Gasteiger partial charge in [-0.1, -0.05) is 31.2 Å². The van der Waals surface area contributed by atoms with Gasteiger partial charge in [0.15, 0.2) is 5.78 Å². The fourth-order valence-electron chi connectivity index (χ4n) is 3.67. The van der Waals surface area contributed by atoms with Gasteiger partial charge in [0.25, 0.3) is 10.0 Å². The lowest BCUT2D eigenvalue weighted by atomic mass is 10.0. The Bertz CT molecular complexity index is 1440. The molecule has 0 aliphatic rings. The Labute approximate surface area is 192 Å². The van der Waals surface area contributed by atoms with Crippen LogP contribution >= 0.6 is 0 Å². The third kappa shape index (κ3) is 4.31. The number of hydrogen-bond donors (Lipinski definition) is 2. The van der Waals surface area contributed by atoms with Gasteiger partial charge in [-0.3, -0.25) is 9.52 Å². The van der Waals surface area contributed by atoms with E-state index in [9.17, 15) is 13.2 Å². The predicted octanol–water partition coefficient (Wildman–Crippen LogP) is 4.19. The highest BCUT2D eigenvalue weighted by atomic mass is 32.2. The molecule has 9 heteroatoms. The predicted molar refractivity (Wildman–Crippen MR) is 129 cm³/mol. The molecule has 2 heterocycles. The summed E-state index contributed by atoms with van der Waals surface area (Å²) in [6.45, 7) is 5.96. The van der Waals surface area contributed by atoms with Gasteiger partial charge < -0.3 is 10.3 Å². The van der Waals surface area contributed by atoms with E-state index in [0.29, 0.717) is 22.2 Å². The van der Waals surface area contributed by atoms with Gasteiger partial charge in [-0.2, -0.15) is 0 Å². The van der Waals surface area contributed by atoms with Crippen LogP contribution in [0.4, 0.5) is 11.5 Å². The second kappa shape index (κ2) is 8.67. The van der Waals surface area contributed by atoms with Crippen LogP contribution in [0.25, 0.3) is 11.0 Å². The number of nitrogens with one attached hydrogen (secondary N) is 1. The third-order valence-corrected chi connectivity index (χ3v) is 6.86. The molecule has 8 nitrogen and oxygen atoms in total. The largest absolute Gasteiger partial charge is 0.383 e. The number of nitrogen functional groups attached to an aromatic ring is 1. The molecule has 4 rings (SSSR count). The summed E-state index contributed by atoms with van der Waals surface area (Å²) in [5.74, 6) is -0.0793. The number of rotatable bonds is 7. The van der Waals surface area contributed by atoms with Crippen molar-refractivity contribution < 1.29 is 13.2 Å². The fourth-order valence-corrected chi connectivity index (χ4v) is 4.72. The first-order valence-electron chi connectivity index (χ1n) is 10.6. The number of ketones is 1. The number of benzene rings is 2. The van der Waals surface area contributed by atoms with Gasteiger partial charge in [-0.25, -0.2) is 18.4 Å². The zero-order chi connectivity index (χ0) is 23.8. The van der Waals surface area contributed by atoms with Crippen LogP contribution in [0, 0.1) is 0 Å². The Hall–Kier alpha value is -3.72. The minimum absolute atomic E-state index is 0.0561. The molecule has 3 N–H and O–H groups in total. The van der Waals surface area contributed by atoms with Gasteiger partial charge in [0, 0.05) is 23.5 Å². The van der Waals surface area contributed by atoms with Gasteiger partial charge in [0.05, 0.1) is 15.8 Å². The molecule has 0 bridgehead atoms. The number of carbonyl (C=O) groups is 1. The Kier molecular flexibility index (Phi) is 5.90. The van der Waals surface area contributed by atoms with Crippen LogP contribution in [0.3, 0.4) is 0 Å². The molecule has 0 spiro atoms. The second-order valence-electron chi connectivity index (χ2n) is 8.01. The summed E-state index contributed by atoms with van der Waals surface area (Å²) in [4.78, 5) is 21.9. The smallest absolute Gasteiger partial charge is 0.261 e. The van der Waals surface area contributed by atoms with Crippen molar-refractivity contribution in [3.8, 4) is 0 Å². The van der Waals surface area contributed by atoms with E-state index in [0.717, 1.165) is 12.0 Å². The van der Waals surface area contributed by atoms with Crippen molar-refractivity contribution in [3.05, 3.63) is 77.7 Å². The number of nitrogens with zero attached hydrogens (tertiary/aromatic N) is 3. The Morgan fingerprint density at radius 1 is 1.12 bits per heavy atom. The van der Waals surface area contributed by atoms with Crippen molar-refractivity contribution in [2.75, 3.05) is 10.5 Å². The van der Waals surface area contributed by atoms with Crippen molar-refractivity contribution in [1.82, 2.24) is 14.5 Å². The molecule has 0 atom stereocenters. The first-order chi connectivity index (χ1) is 15.7. The summed E-state index contributed by atoms with van der Waals surface area (Å²) in [6, 6.07) is 13.1. The van der Waals surface area contributed by atoms with Crippen LogP contribution in [-0.2, 0) is 16.4 Å². The number of sulfonamides is 1. The van der Waals surface area contributed by atoms with Crippen LogP contribution < -0.4 is 10.5 Å². The van der Waals surface area contributed by atoms with Crippen LogP contribution in [0.15, 0.2) is 66.0 Å². The molecule has 0 aliphatic heterocycles. The summed E-state index contributed by atoms with van der Waals surface area (Å²) < 4.78 is 30.1. The average molecular weight is 464 g/mol. The SMILES string of the molecule is CCc1ccc(S(=O)(=O)Nc2cccc(C(=O)c3cn(C(C)C)c4ncnc(N)c34)c2)cc1. The molecule has 2 aromatic carbocycles. The minimum atomic E-state index is -3.80. The quantitative estimate of drug-likeness (QED) is 0.397. The second-order valence-corrected chi connectivity index (χ2v) is 9.70. The molecule has 0 saturated carbocycles. The minimum Gasteiger partial charge on any atom is -0.383 e. The number of aryl methyl sites for hydroxylation is 1. The standard InChI is InChI=1S/C24H25N5O3S/c1-4-16-8-10-19(11-9-16)33(31,32)28-18-7-5-6-17(12-18)22(30)20-13-29(15(2)3)24-21(20)23(25)26-14-27-24/h5-15,28H,4H2,1-3H3,(H2,25,26,27). The molecule has 170 valence electrons. The molecule has 0 fully saturated rings. The molecule has 0 unspecified atom stereocenters. The van der Waals surface area contributed by atoms with Crippen molar-refractivity contribution in [2.45, 2.75) is 38.1 Å². The third-order valence-electron chi connectivity index (χ3n) is 5.46. The highest BCUT2D eigenvalue weighted by Crippen LogP contribution is 2.29. The number of nitrogens with two attached hydrogens (primary N) is 1. The maximum absolute atomic E-state index is 13.4. The van der Waals surface area contributed by atoms with Crippen molar-refractivity contribution in [3.63, 3.8) is 0 Å². The van der Waals surface area contributed by atoms with Crippen molar-refractivity contribution in [1.29, 1.82) is 0 Å². The summed E-state index contributed by atoms with van der Waals surface area (Å²) in [5, 5.41) is 0.484. The van der Waals surface area contributed by atoms with E-state index in [1.807, 2.05) is 25.3 Å². The van der Waals surface area contributed by atoms with Crippen LogP contribution in [0.2, 0.25) is 0 Å². The molecule has 4 aromatic rings. The number of fused-ring (bicyclic) bond motifs is 1. The van der Waals surface area contributed by atoms with E-state index in [1.54, 1.807) is 48.7 Å². The highest BCUT2D eigenvalue weighted by molar-refractivity contribution is 7.92. The van der Waals surface area contributed by atoms with Crippen molar-refractivity contribution in [2.24, 2.45) is 0 Å². The molecular weight excluding hydrogens is 438 g/mol. The maximum atomic E-state index is 13.4. The van der Waals surface area contributed by atoms with Gasteiger partial charge in [-0.15, -0.1) is 0 Å². The lowest BCUT2D eigenvalue weighted by molar-refractivity contribution is 0.104. The zero-order valence-corrected chi connectivity index (χ0v) is 19.4. The Morgan fingerprint density at radius 3 is 2.52 bits per heavy atom. The summed E-state index contributed by atoms with van der Waals surface area (Å²) >= 11 is 0. The van der Waals surface area contributed by atoms with Gasteiger partial charge >= 0.3 is 0 Å². The van der Waals surface area contributed by atoms with Crippen LogP contribution in [0.5, 0.6) is 0 Å². The van der Waals surface area contributed by atoms with Gasteiger partial charge in [0.1, 0.15) is 17.8 Å². The van der Waals surface area contributed by atoms with E-state index in [1.165, 1.54) is 12.4 Å². The number of aromatic nitrogens is 3. The summed E-state index contributed by atoms with van der Waals surface area (Å²) in [7, 11) is -3.80. The average Bonchev–Trinajstić information content (AvgIpc) is 3.20. The monoisotopic (exact) mass is 463 g/mol. The van der Waals surface area contributed by atoms with E-state index >= 15 is 0 Å². The van der Waals surface area contributed by atoms with Gasteiger partial charge in [-0.05, 0) is 50.1 Å². The normalized spacial score (nSPS) is 11.8. The molecule has 0 amide bonds. The lowest BCUT2D eigenvalue weighted by Crippen LogP contribution is -2.13. The topological polar surface area (TPSA) is 120 Å². The number of carbonyl (C=O) groups excluding carboxylic acids is 1. The van der Waals surface area contributed by atoms with Crippen molar-refractivity contribution >= 4 is 38.3 Å². The fraction of sp³-hybridized carbons (Fsp3) is 0.208. The van der Waals surface area contributed by atoms with E-state index in [-0.39, 0.29) is 28.2 Å². The number of hydrogen-bond acceptors (Lipinski definition) is 6. The first kappa shape index (κ1) is 22.5. The Morgan fingerprint density at radius 2 is 1.85 bits per heavy atom. The van der Waals surface area contributed by atoms with Crippen LogP contribution in [0.1, 0.15) is 48.3 Å².